The van der Waals surface area contributed by atoms with E-state index in [0.717, 1.165) is 16.7 Å². The predicted molar refractivity (Wildman–Crippen MR) is 85.2 cm³/mol. The van der Waals surface area contributed by atoms with Gasteiger partial charge < -0.3 is 5.73 Å². The van der Waals surface area contributed by atoms with Gasteiger partial charge >= 0.3 is 0 Å². The molecular weight excluding hydrogens is 252 g/mol. The molecule has 0 unspecified atom stereocenters. The lowest BCUT2D eigenvalue weighted by molar-refractivity contribution is 0.778. The van der Waals surface area contributed by atoms with E-state index in [4.69, 9.17) is 11.1 Å². The highest BCUT2D eigenvalue weighted by atomic mass is 32.2. The molecule has 19 heavy (non-hydrogen) atoms. The van der Waals surface area contributed by atoms with Crippen LogP contribution in [0.15, 0.2) is 41.3 Å². The van der Waals surface area contributed by atoms with E-state index in [-0.39, 0.29) is 5.84 Å². The molecule has 0 heterocycles. The maximum absolute atomic E-state index is 7.65. The van der Waals surface area contributed by atoms with E-state index in [1.807, 2.05) is 36.0 Å². The third kappa shape index (κ3) is 3.29. The Morgan fingerprint density at radius 3 is 2.53 bits per heavy atom. The smallest absolute Gasteiger partial charge is 0.123 e. The number of rotatable bonds is 6. The van der Waals surface area contributed by atoms with Crippen LogP contribution in [0.25, 0.3) is 10.8 Å². The standard InChI is InChI=1S/C16H20N2S/c1-2-3-6-11-19-15-10-9-14(16(17)18)12-7-4-5-8-13(12)15/h4-5,7-10H,2-3,6,11H2,1H3,(H3,17,18). The van der Waals surface area contributed by atoms with Gasteiger partial charge in [-0.3, -0.25) is 5.41 Å². The van der Waals surface area contributed by atoms with Crippen molar-refractivity contribution in [1.82, 2.24) is 0 Å². The summed E-state index contributed by atoms with van der Waals surface area (Å²) in [5.41, 5.74) is 6.47. The van der Waals surface area contributed by atoms with Crippen LogP contribution in [0, 0.1) is 5.41 Å². The number of fused-ring (bicyclic) bond motifs is 1. The number of nitrogen functional groups attached to an aromatic ring is 1. The highest BCUT2D eigenvalue weighted by Gasteiger charge is 2.07. The molecule has 0 aliphatic heterocycles. The van der Waals surface area contributed by atoms with Crippen LogP contribution in [0.5, 0.6) is 0 Å². The van der Waals surface area contributed by atoms with Gasteiger partial charge in [-0.2, -0.15) is 0 Å². The van der Waals surface area contributed by atoms with Gasteiger partial charge in [-0.1, -0.05) is 44.0 Å². The van der Waals surface area contributed by atoms with Gasteiger partial charge in [0.2, 0.25) is 0 Å². The summed E-state index contributed by atoms with van der Waals surface area (Å²) in [6.07, 6.45) is 3.80. The molecule has 2 aromatic carbocycles. The van der Waals surface area contributed by atoms with Gasteiger partial charge in [-0.05, 0) is 35.1 Å². The van der Waals surface area contributed by atoms with Crippen LogP contribution in [0.1, 0.15) is 31.7 Å². The molecule has 2 rings (SSSR count). The van der Waals surface area contributed by atoms with Gasteiger partial charge in [-0.15, -0.1) is 11.8 Å². The SMILES string of the molecule is CCCCCSc1ccc(C(=N)N)c2ccccc12. The summed E-state index contributed by atoms with van der Waals surface area (Å²) in [4.78, 5) is 1.29. The average molecular weight is 272 g/mol. The quantitative estimate of drug-likeness (QED) is 0.354. The molecule has 0 atom stereocenters. The van der Waals surface area contributed by atoms with Gasteiger partial charge in [0.25, 0.3) is 0 Å². The van der Waals surface area contributed by atoms with Crippen LogP contribution >= 0.6 is 11.8 Å². The van der Waals surface area contributed by atoms with Crippen molar-refractivity contribution in [2.45, 2.75) is 31.1 Å². The van der Waals surface area contributed by atoms with Crippen molar-refractivity contribution in [3.8, 4) is 0 Å². The first-order valence-corrected chi connectivity index (χ1v) is 7.71. The van der Waals surface area contributed by atoms with Crippen LogP contribution in [0.2, 0.25) is 0 Å². The van der Waals surface area contributed by atoms with E-state index < -0.39 is 0 Å². The lowest BCUT2D eigenvalue weighted by Gasteiger charge is -2.10. The number of hydrogen-bond donors (Lipinski definition) is 2. The molecule has 0 saturated heterocycles. The summed E-state index contributed by atoms with van der Waals surface area (Å²) >= 11 is 1.90. The summed E-state index contributed by atoms with van der Waals surface area (Å²) in [6, 6.07) is 12.3. The molecular formula is C16H20N2S. The third-order valence-corrected chi connectivity index (χ3v) is 4.34. The molecule has 2 nitrogen and oxygen atoms in total. The molecule has 3 heteroatoms. The fourth-order valence-corrected chi connectivity index (χ4v) is 3.23. The van der Waals surface area contributed by atoms with Crippen LogP contribution in [-0.2, 0) is 0 Å². The van der Waals surface area contributed by atoms with Gasteiger partial charge in [0.15, 0.2) is 0 Å². The first-order valence-electron chi connectivity index (χ1n) is 6.73. The van der Waals surface area contributed by atoms with Crippen LogP contribution in [0.4, 0.5) is 0 Å². The molecule has 0 bridgehead atoms. The van der Waals surface area contributed by atoms with Crippen molar-refractivity contribution in [3.63, 3.8) is 0 Å². The monoisotopic (exact) mass is 272 g/mol. The zero-order valence-corrected chi connectivity index (χ0v) is 12.1. The summed E-state index contributed by atoms with van der Waals surface area (Å²) in [7, 11) is 0. The van der Waals surface area contributed by atoms with Gasteiger partial charge in [0.05, 0.1) is 0 Å². The minimum atomic E-state index is 0.138. The van der Waals surface area contributed by atoms with E-state index in [2.05, 4.69) is 19.1 Å². The Bertz CT molecular complexity index is 578. The molecule has 0 amide bonds. The molecule has 0 fully saturated rings. The van der Waals surface area contributed by atoms with Crippen LogP contribution < -0.4 is 5.73 Å². The normalized spacial score (nSPS) is 10.8. The van der Waals surface area contributed by atoms with Crippen LogP contribution in [-0.4, -0.2) is 11.6 Å². The lowest BCUT2D eigenvalue weighted by Crippen LogP contribution is -2.11. The fraction of sp³-hybridized carbons (Fsp3) is 0.312. The molecule has 2 aromatic rings. The van der Waals surface area contributed by atoms with Crippen molar-refractivity contribution in [2.75, 3.05) is 5.75 Å². The molecule has 0 aliphatic rings. The second-order valence-electron chi connectivity index (χ2n) is 4.63. The van der Waals surface area contributed by atoms with Crippen molar-refractivity contribution in [2.24, 2.45) is 5.73 Å². The number of nitrogens with one attached hydrogen (secondary N) is 1. The second kappa shape index (κ2) is 6.62. The molecule has 100 valence electrons. The zero-order valence-electron chi connectivity index (χ0n) is 11.3. The molecule has 0 saturated carbocycles. The summed E-state index contributed by atoms with van der Waals surface area (Å²) in [6.45, 7) is 2.22. The highest BCUT2D eigenvalue weighted by Crippen LogP contribution is 2.30. The molecule has 0 aliphatic carbocycles. The number of nitrogens with two attached hydrogens (primary N) is 1. The molecule has 0 spiro atoms. The van der Waals surface area contributed by atoms with E-state index in [1.165, 1.54) is 29.5 Å². The third-order valence-electron chi connectivity index (χ3n) is 3.18. The highest BCUT2D eigenvalue weighted by molar-refractivity contribution is 7.99. The summed E-state index contributed by atoms with van der Waals surface area (Å²) in [5, 5.41) is 9.94. The number of amidine groups is 1. The Balaban J connectivity index is 2.30. The minimum absolute atomic E-state index is 0.138. The number of benzene rings is 2. The Morgan fingerprint density at radius 2 is 1.84 bits per heavy atom. The Kier molecular flexibility index (Phi) is 4.86. The largest absolute Gasteiger partial charge is 0.384 e. The van der Waals surface area contributed by atoms with Crippen molar-refractivity contribution < 1.29 is 0 Å². The maximum atomic E-state index is 7.65. The molecule has 0 aromatic heterocycles. The van der Waals surface area contributed by atoms with Gasteiger partial charge in [0, 0.05) is 10.5 Å². The van der Waals surface area contributed by atoms with Crippen molar-refractivity contribution in [3.05, 3.63) is 42.0 Å². The fourth-order valence-electron chi connectivity index (χ4n) is 2.17. The Morgan fingerprint density at radius 1 is 1.11 bits per heavy atom. The second-order valence-corrected chi connectivity index (χ2v) is 5.76. The zero-order chi connectivity index (χ0) is 13.7. The molecule has 0 radical (unpaired) electrons. The van der Waals surface area contributed by atoms with Crippen LogP contribution in [0.3, 0.4) is 0 Å². The van der Waals surface area contributed by atoms with E-state index >= 15 is 0 Å². The number of hydrogen-bond acceptors (Lipinski definition) is 2. The number of unbranched alkanes of at least 4 members (excludes halogenated alkanes) is 2. The predicted octanol–water partition coefficient (Wildman–Crippen LogP) is 4.41. The van der Waals surface area contributed by atoms with E-state index in [9.17, 15) is 0 Å². The summed E-state index contributed by atoms with van der Waals surface area (Å²) < 4.78 is 0. The maximum Gasteiger partial charge on any atom is 0.123 e. The Labute approximate surface area is 118 Å². The van der Waals surface area contributed by atoms with Gasteiger partial charge in [0.1, 0.15) is 5.84 Å². The topological polar surface area (TPSA) is 49.9 Å². The van der Waals surface area contributed by atoms with E-state index in [1.54, 1.807) is 0 Å². The first kappa shape index (κ1) is 13.9. The van der Waals surface area contributed by atoms with Crippen molar-refractivity contribution >= 4 is 28.4 Å². The van der Waals surface area contributed by atoms with Crippen molar-refractivity contribution in [1.29, 1.82) is 5.41 Å². The average Bonchev–Trinajstić information content (AvgIpc) is 2.43. The Hall–Kier alpha value is -1.48. The lowest BCUT2D eigenvalue weighted by atomic mass is 10.0. The number of thioether (sulfide) groups is 1. The minimum Gasteiger partial charge on any atom is -0.384 e. The summed E-state index contributed by atoms with van der Waals surface area (Å²) in [5.74, 6) is 1.29. The van der Waals surface area contributed by atoms with E-state index in [0.29, 0.717) is 0 Å². The molecule has 3 N–H and O–H groups in total. The first-order chi connectivity index (χ1) is 9.24. The van der Waals surface area contributed by atoms with Gasteiger partial charge in [-0.25, -0.2) is 0 Å².